The number of unbranched alkanes of at least 4 members (excludes halogenated alkanes) is 1. The number of likely N-dealkylation sites (N-methyl/N-ethyl adjacent to an activating group) is 1. The molecule has 18 heavy (non-hydrogen) atoms. The van der Waals surface area contributed by atoms with Crippen molar-refractivity contribution in [2.45, 2.75) is 38.3 Å². The van der Waals surface area contributed by atoms with E-state index in [0.717, 1.165) is 30.7 Å². The monoisotopic (exact) mass is 255 g/mol. The van der Waals surface area contributed by atoms with Gasteiger partial charge in [0.2, 0.25) is 0 Å². The highest BCUT2D eigenvalue weighted by Crippen LogP contribution is 2.29. The summed E-state index contributed by atoms with van der Waals surface area (Å²) in [6.45, 7) is 2.66. The van der Waals surface area contributed by atoms with E-state index in [-0.39, 0.29) is 0 Å². The minimum Gasteiger partial charge on any atom is -0.495 e. The maximum atomic E-state index is 5.86. The fraction of sp³-hybridized carbons (Fsp3) is 0.750. The first kappa shape index (κ1) is 14.8. The smallest absolute Gasteiger partial charge is 0.195 e. The molecule has 0 aromatic carbocycles. The summed E-state index contributed by atoms with van der Waals surface area (Å²) in [6, 6.07) is 0. The quantitative estimate of drug-likeness (QED) is 0.521. The number of allylic oxidation sites excluding steroid dienone is 1. The van der Waals surface area contributed by atoms with E-state index in [9.17, 15) is 0 Å². The van der Waals surface area contributed by atoms with Crippen molar-refractivity contribution in [3.8, 4) is 0 Å². The molecular formula is C12H25N5O. The third-order valence-electron chi connectivity index (χ3n) is 3.14. The number of ether oxygens (including phenoxy) is 1. The number of nitrogens with two attached hydrogens (primary N) is 2. The summed E-state index contributed by atoms with van der Waals surface area (Å²) in [5, 5.41) is 6.29. The lowest BCUT2D eigenvalue weighted by atomic mass is 9.99. The van der Waals surface area contributed by atoms with Gasteiger partial charge < -0.3 is 21.5 Å². The Kier molecular flexibility index (Phi) is 5.43. The van der Waals surface area contributed by atoms with Gasteiger partial charge in [0, 0.05) is 6.42 Å². The molecule has 104 valence electrons. The summed E-state index contributed by atoms with van der Waals surface area (Å²) in [4.78, 5) is 4.44. The lowest BCUT2D eigenvalue weighted by Crippen LogP contribution is -2.53. The number of hydrogen-bond acceptors (Lipinski definition) is 6. The summed E-state index contributed by atoms with van der Waals surface area (Å²) in [6.07, 6.45) is 3.72. The second-order valence-electron chi connectivity index (χ2n) is 4.39. The SMILES string of the molecule is CCCCC1=C(OC)C(CCN)(NC)N=C(N)N1. The lowest BCUT2D eigenvalue weighted by molar-refractivity contribution is 0.186. The zero-order chi connectivity index (χ0) is 13.6. The highest BCUT2D eigenvalue weighted by molar-refractivity contribution is 5.81. The molecule has 0 aromatic heterocycles. The predicted molar refractivity (Wildman–Crippen MR) is 73.8 cm³/mol. The van der Waals surface area contributed by atoms with Gasteiger partial charge in [-0.15, -0.1) is 0 Å². The van der Waals surface area contributed by atoms with Crippen molar-refractivity contribution < 1.29 is 4.74 Å². The molecule has 0 radical (unpaired) electrons. The van der Waals surface area contributed by atoms with Gasteiger partial charge >= 0.3 is 0 Å². The zero-order valence-corrected chi connectivity index (χ0v) is 11.5. The Balaban J connectivity index is 3.10. The number of guanidine groups is 1. The molecule has 6 heteroatoms. The molecule has 6 N–H and O–H groups in total. The van der Waals surface area contributed by atoms with Crippen LogP contribution >= 0.6 is 0 Å². The third-order valence-corrected chi connectivity index (χ3v) is 3.14. The topological polar surface area (TPSA) is 97.7 Å². The van der Waals surface area contributed by atoms with Gasteiger partial charge in [0.1, 0.15) is 0 Å². The molecule has 1 aliphatic rings. The summed E-state index contributed by atoms with van der Waals surface area (Å²) in [7, 11) is 3.50. The molecule has 6 nitrogen and oxygen atoms in total. The number of rotatable bonds is 7. The number of methoxy groups -OCH3 is 1. The maximum Gasteiger partial charge on any atom is 0.195 e. The molecule has 0 bridgehead atoms. The van der Waals surface area contributed by atoms with Crippen molar-refractivity contribution in [3.63, 3.8) is 0 Å². The van der Waals surface area contributed by atoms with E-state index >= 15 is 0 Å². The van der Waals surface area contributed by atoms with Gasteiger partial charge in [0.25, 0.3) is 0 Å². The highest BCUT2D eigenvalue weighted by Gasteiger charge is 2.38. The summed E-state index contributed by atoms with van der Waals surface area (Å²) in [5.41, 5.74) is 11.9. The molecule has 0 spiro atoms. The largest absolute Gasteiger partial charge is 0.495 e. The average Bonchev–Trinajstić information content (AvgIpc) is 2.36. The molecular weight excluding hydrogens is 230 g/mol. The minimum absolute atomic E-state index is 0.407. The van der Waals surface area contributed by atoms with E-state index in [4.69, 9.17) is 16.2 Å². The van der Waals surface area contributed by atoms with E-state index in [1.165, 1.54) is 0 Å². The van der Waals surface area contributed by atoms with Gasteiger partial charge in [-0.2, -0.15) is 0 Å². The molecule has 1 rings (SSSR count). The van der Waals surface area contributed by atoms with E-state index in [2.05, 4.69) is 22.5 Å². The van der Waals surface area contributed by atoms with Crippen LogP contribution in [0.2, 0.25) is 0 Å². The van der Waals surface area contributed by atoms with Crippen LogP contribution in [0.1, 0.15) is 32.6 Å². The van der Waals surface area contributed by atoms with Crippen LogP contribution < -0.4 is 22.1 Å². The van der Waals surface area contributed by atoms with Gasteiger partial charge in [-0.05, 0) is 26.4 Å². The maximum absolute atomic E-state index is 5.86. The van der Waals surface area contributed by atoms with Gasteiger partial charge in [0.15, 0.2) is 17.4 Å². The van der Waals surface area contributed by atoms with Crippen molar-refractivity contribution in [3.05, 3.63) is 11.5 Å². The van der Waals surface area contributed by atoms with Crippen LogP contribution in [0.15, 0.2) is 16.4 Å². The number of nitrogens with zero attached hydrogens (tertiary/aromatic N) is 1. The standard InChI is InChI=1S/C12H25N5O/c1-4-5-6-9-10(18-3)12(15-2,7-8-13)17-11(14)16-9/h15H,4-8,13H2,1-3H3,(H3,14,16,17). The van der Waals surface area contributed by atoms with Crippen LogP contribution in [0.5, 0.6) is 0 Å². The number of hydrogen-bond donors (Lipinski definition) is 4. The molecule has 1 aliphatic heterocycles. The summed E-state index contributed by atoms with van der Waals surface area (Å²) >= 11 is 0. The van der Waals surface area contributed by atoms with Crippen LogP contribution in [0.25, 0.3) is 0 Å². The van der Waals surface area contributed by atoms with Crippen LogP contribution in [-0.2, 0) is 4.74 Å². The summed E-state index contributed by atoms with van der Waals surface area (Å²) in [5.74, 6) is 1.20. The third kappa shape index (κ3) is 2.94. The Hall–Kier alpha value is -1.27. The van der Waals surface area contributed by atoms with E-state index in [0.29, 0.717) is 18.9 Å². The average molecular weight is 255 g/mol. The predicted octanol–water partition coefficient (Wildman–Crippen LogP) is 0.217. The van der Waals surface area contributed by atoms with E-state index in [1.807, 2.05) is 7.05 Å². The Bertz CT molecular complexity index is 339. The van der Waals surface area contributed by atoms with Crippen LogP contribution in [-0.4, -0.2) is 32.3 Å². The summed E-state index contributed by atoms with van der Waals surface area (Å²) < 4.78 is 5.55. The van der Waals surface area contributed by atoms with Crippen molar-refractivity contribution in [1.29, 1.82) is 0 Å². The van der Waals surface area contributed by atoms with Crippen LogP contribution in [0.4, 0.5) is 0 Å². The molecule has 1 heterocycles. The second-order valence-corrected chi connectivity index (χ2v) is 4.39. The molecule has 0 saturated heterocycles. The Morgan fingerprint density at radius 3 is 2.72 bits per heavy atom. The second kappa shape index (κ2) is 6.61. The Labute approximate surface area is 109 Å². The fourth-order valence-corrected chi connectivity index (χ4v) is 2.24. The number of nitrogens with one attached hydrogen (secondary N) is 2. The minimum atomic E-state index is -0.637. The van der Waals surface area contributed by atoms with Gasteiger partial charge in [-0.3, -0.25) is 5.32 Å². The van der Waals surface area contributed by atoms with Crippen molar-refractivity contribution in [1.82, 2.24) is 10.6 Å². The first-order valence-corrected chi connectivity index (χ1v) is 6.42. The van der Waals surface area contributed by atoms with E-state index in [1.54, 1.807) is 7.11 Å². The van der Waals surface area contributed by atoms with Crippen molar-refractivity contribution in [2.75, 3.05) is 20.7 Å². The molecule has 0 aromatic rings. The van der Waals surface area contributed by atoms with Gasteiger partial charge in [-0.25, -0.2) is 4.99 Å². The van der Waals surface area contributed by atoms with Crippen molar-refractivity contribution in [2.24, 2.45) is 16.5 Å². The van der Waals surface area contributed by atoms with Crippen LogP contribution in [0.3, 0.4) is 0 Å². The van der Waals surface area contributed by atoms with Crippen molar-refractivity contribution >= 4 is 5.96 Å². The molecule has 0 aliphatic carbocycles. The number of aliphatic imine (C=N–C) groups is 1. The molecule has 1 unspecified atom stereocenters. The lowest BCUT2D eigenvalue weighted by Gasteiger charge is -2.36. The Morgan fingerprint density at radius 1 is 1.50 bits per heavy atom. The molecule has 0 amide bonds. The molecule has 0 fully saturated rings. The first-order chi connectivity index (χ1) is 8.63. The zero-order valence-electron chi connectivity index (χ0n) is 11.5. The van der Waals surface area contributed by atoms with Gasteiger partial charge in [0.05, 0.1) is 12.8 Å². The Morgan fingerprint density at radius 2 is 2.22 bits per heavy atom. The fourth-order valence-electron chi connectivity index (χ4n) is 2.24. The van der Waals surface area contributed by atoms with Gasteiger partial charge in [-0.1, -0.05) is 13.3 Å². The first-order valence-electron chi connectivity index (χ1n) is 6.42. The van der Waals surface area contributed by atoms with Crippen LogP contribution in [0, 0.1) is 0 Å². The van der Waals surface area contributed by atoms with E-state index < -0.39 is 5.66 Å². The molecule has 0 saturated carbocycles. The highest BCUT2D eigenvalue weighted by atomic mass is 16.5. The normalized spacial score (nSPS) is 23.7. The molecule has 1 atom stereocenters.